The Labute approximate surface area is 184 Å². The molecule has 3 aromatic carbocycles. The third-order valence-corrected chi connectivity index (χ3v) is 5.07. The molecule has 4 N–H and O–H groups in total. The zero-order valence-electron chi connectivity index (χ0n) is 16.3. The summed E-state index contributed by atoms with van der Waals surface area (Å²) in [6, 6.07) is 15.1. The average Bonchev–Trinajstić information content (AvgIpc) is 2.71. The van der Waals surface area contributed by atoms with E-state index in [0.717, 1.165) is 11.3 Å². The topological polar surface area (TPSA) is 76.4 Å². The highest BCUT2D eigenvalue weighted by atomic mass is 35.5. The molecule has 0 atom stereocenters. The summed E-state index contributed by atoms with van der Waals surface area (Å²) in [7, 11) is 1.50. The van der Waals surface area contributed by atoms with Gasteiger partial charge in [0.25, 0.3) is 5.91 Å². The van der Waals surface area contributed by atoms with Gasteiger partial charge in [-0.05, 0) is 60.6 Å². The lowest BCUT2D eigenvalue weighted by Crippen LogP contribution is -2.19. The fourth-order valence-corrected chi connectivity index (χ4v) is 3.27. The van der Waals surface area contributed by atoms with E-state index in [2.05, 4.69) is 10.6 Å². The number of amides is 1. The zero-order valence-corrected chi connectivity index (χ0v) is 17.8. The van der Waals surface area contributed by atoms with Crippen molar-refractivity contribution >= 4 is 46.2 Å². The van der Waals surface area contributed by atoms with Crippen molar-refractivity contribution in [2.75, 3.05) is 17.7 Å². The van der Waals surface area contributed by atoms with Crippen molar-refractivity contribution in [1.29, 1.82) is 0 Å². The molecule has 0 saturated carbocycles. The van der Waals surface area contributed by atoms with E-state index in [9.17, 15) is 9.18 Å². The lowest BCUT2D eigenvalue weighted by Gasteiger charge is -2.15. The highest BCUT2D eigenvalue weighted by molar-refractivity contribution is 7.80. The fraction of sp³-hybridized carbons (Fsp3) is 0.0909. The maximum Gasteiger partial charge on any atom is 0.251 e. The number of hydrogen-bond acceptors (Lipinski definition) is 3. The third kappa shape index (κ3) is 4.69. The van der Waals surface area contributed by atoms with E-state index >= 15 is 0 Å². The van der Waals surface area contributed by atoms with E-state index in [0.29, 0.717) is 27.1 Å². The Balaban J connectivity index is 1.84. The number of primary amides is 1. The Morgan fingerprint density at radius 2 is 1.90 bits per heavy atom. The van der Waals surface area contributed by atoms with Crippen LogP contribution in [-0.2, 0) is 0 Å². The van der Waals surface area contributed by atoms with Gasteiger partial charge in [0.2, 0.25) is 0 Å². The van der Waals surface area contributed by atoms with Crippen LogP contribution in [0.4, 0.5) is 15.8 Å². The molecule has 8 heteroatoms. The Hall–Kier alpha value is -3.16. The number of methoxy groups -OCH3 is 1. The predicted octanol–water partition coefficient (Wildman–Crippen LogP) is 5.37. The normalized spacial score (nSPS) is 10.4. The molecule has 3 aromatic rings. The molecular formula is C22H19ClFN3O2S. The van der Waals surface area contributed by atoms with Crippen LogP contribution in [0.1, 0.15) is 15.9 Å². The molecule has 5 nitrogen and oxygen atoms in total. The third-order valence-electron chi connectivity index (χ3n) is 4.45. The number of thiocarbonyl (C=S) groups is 1. The van der Waals surface area contributed by atoms with Crippen LogP contribution in [-0.4, -0.2) is 18.1 Å². The molecule has 0 heterocycles. The number of nitrogens with one attached hydrogen (secondary N) is 2. The van der Waals surface area contributed by atoms with Gasteiger partial charge < -0.3 is 21.1 Å². The molecule has 0 aromatic heterocycles. The van der Waals surface area contributed by atoms with Gasteiger partial charge in [0.05, 0.1) is 18.4 Å². The van der Waals surface area contributed by atoms with Gasteiger partial charge in [-0.2, -0.15) is 0 Å². The van der Waals surface area contributed by atoms with E-state index < -0.39 is 11.7 Å². The van der Waals surface area contributed by atoms with Crippen molar-refractivity contribution in [3.63, 3.8) is 0 Å². The molecule has 0 saturated heterocycles. The molecule has 0 unspecified atom stereocenters. The van der Waals surface area contributed by atoms with Crippen molar-refractivity contribution in [2.24, 2.45) is 5.73 Å². The molecule has 3 rings (SSSR count). The highest BCUT2D eigenvalue weighted by Crippen LogP contribution is 2.33. The van der Waals surface area contributed by atoms with Crippen LogP contribution >= 0.6 is 23.8 Å². The summed E-state index contributed by atoms with van der Waals surface area (Å²) in [5.74, 6) is -1.06. The lowest BCUT2D eigenvalue weighted by molar-refractivity contribution is 0.0996. The molecule has 1 amide bonds. The number of ether oxygens (including phenoxy) is 1. The number of carbonyl (C=O) groups is 1. The van der Waals surface area contributed by atoms with Gasteiger partial charge in [0, 0.05) is 16.3 Å². The summed E-state index contributed by atoms with van der Waals surface area (Å²) < 4.78 is 20.1. The first-order valence-electron chi connectivity index (χ1n) is 8.91. The van der Waals surface area contributed by atoms with Gasteiger partial charge in [-0.3, -0.25) is 4.79 Å². The lowest BCUT2D eigenvalue weighted by atomic mass is 10.0. The standard InChI is InChI=1S/C22H19ClFN3O2S/c1-12-6-8-14(11-17(12)23)26-22(30)27-18-9-7-13(10-19(18)29-2)15-4-3-5-16(20(15)24)21(25)28/h3-11H,1-2H3,(H2,25,28)(H2,26,27,30). The fourth-order valence-electron chi connectivity index (χ4n) is 2.86. The Morgan fingerprint density at radius 3 is 2.57 bits per heavy atom. The van der Waals surface area contributed by atoms with Crippen molar-refractivity contribution in [1.82, 2.24) is 0 Å². The van der Waals surface area contributed by atoms with Crippen molar-refractivity contribution in [3.05, 3.63) is 76.6 Å². The smallest absolute Gasteiger partial charge is 0.251 e. The molecule has 0 spiro atoms. The van der Waals surface area contributed by atoms with E-state index in [-0.39, 0.29) is 11.1 Å². The molecule has 0 aliphatic heterocycles. The maximum atomic E-state index is 14.7. The minimum atomic E-state index is -0.827. The first kappa shape index (κ1) is 21.5. The number of carbonyl (C=O) groups excluding carboxylic acids is 1. The maximum absolute atomic E-state index is 14.7. The van der Waals surface area contributed by atoms with Gasteiger partial charge in [0.1, 0.15) is 11.6 Å². The summed E-state index contributed by atoms with van der Waals surface area (Å²) in [6.45, 7) is 1.91. The number of halogens is 2. The van der Waals surface area contributed by atoms with Crippen molar-refractivity contribution in [2.45, 2.75) is 6.92 Å². The SMILES string of the molecule is COc1cc(-c2cccc(C(N)=O)c2F)ccc1NC(=S)Nc1ccc(C)c(Cl)c1. The highest BCUT2D eigenvalue weighted by Gasteiger charge is 2.15. The number of hydrogen-bond donors (Lipinski definition) is 3. The van der Waals surface area contributed by atoms with E-state index in [1.54, 1.807) is 36.4 Å². The minimum Gasteiger partial charge on any atom is -0.495 e. The van der Waals surface area contributed by atoms with Crippen molar-refractivity contribution < 1.29 is 13.9 Å². The number of anilines is 2. The second-order valence-electron chi connectivity index (χ2n) is 6.49. The van der Waals surface area contributed by atoms with Crippen LogP contribution in [0.3, 0.4) is 0 Å². The van der Waals surface area contributed by atoms with Crippen molar-refractivity contribution in [3.8, 4) is 16.9 Å². The quantitative estimate of drug-likeness (QED) is 0.462. The van der Waals surface area contributed by atoms with Gasteiger partial charge in [0.15, 0.2) is 5.11 Å². The molecule has 0 aliphatic carbocycles. The largest absolute Gasteiger partial charge is 0.495 e. The monoisotopic (exact) mass is 443 g/mol. The second-order valence-corrected chi connectivity index (χ2v) is 7.30. The summed E-state index contributed by atoms with van der Waals surface area (Å²) in [4.78, 5) is 11.4. The van der Waals surface area contributed by atoms with Gasteiger partial charge in [-0.25, -0.2) is 4.39 Å². The van der Waals surface area contributed by atoms with Crippen LogP contribution in [0.2, 0.25) is 5.02 Å². The average molecular weight is 444 g/mol. The van der Waals surface area contributed by atoms with Crippen LogP contribution in [0.15, 0.2) is 54.6 Å². The minimum absolute atomic E-state index is 0.171. The van der Waals surface area contributed by atoms with Crippen LogP contribution in [0, 0.1) is 12.7 Å². The molecule has 0 fully saturated rings. The number of aryl methyl sites for hydroxylation is 1. The Kier molecular flexibility index (Phi) is 6.54. The second kappa shape index (κ2) is 9.11. The first-order chi connectivity index (χ1) is 14.3. The van der Waals surface area contributed by atoms with Crippen LogP contribution in [0.25, 0.3) is 11.1 Å². The zero-order chi connectivity index (χ0) is 21.8. The van der Waals surface area contributed by atoms with Crippen LogP contribution in [0.5, 0.6) is 5.75 Å². The first-order valence-corrected chi connectivity index (χ1v) is 9.69. The number of rotatable bonds is 5. The molecule has 0 bridgehead atoms. The molecule has 0 aliphatic rings. The Morgan fingerprint density at radius 1 is 1.13 bits per heavy atom. The van der Waals surface area contributed by atoms with Gasteiger partial charge >= 0.3 is 0 Å². The Bertz CT molecular complexity index is 1140. The summed E-state index contributed by atoms with van der Waals surface area (Å²) in [5.41, 5.74) is 8.13. The predicted molar refractivity (Wildman–Crippen MR) is 123 cm³/mol. The molecule has 154 valence electrons. The number of nitrogens with two attached hydrogens (primary N) is 1. The van der Waals surface area contributed by atoms with Crippen LogP contribution < -0.4 is 21.1 Å². The molecular weight excluding hydrogens is 425 g/mol. The summed E-state index contributed by atoms with van der Waals surface area (Å²) >= 11 is 11.5. The van der Waals surface area contributed by atoms with E-state index in [4.69, 9.17) is 34.3 Å². The summed E-state index contributed by atoms with van der Waals surface area (Å²) in [6.07, 6.45) is 0. The van der Waals surface area contributed by atoms with Gasteiger partial charge in [-0.1, -0.05) is 35.9 Å². The molecule has 0 radical (unpaired) electrons. The van der Waals surface area contributed by atoms with E-state index in [1.165, 1.54) is 13.2 Å². The summed E-state index contributed by atoms with van der Waals surface area (Å²) in [5, 5.41) is 7.07. The van der Waals surface area contributed by atoms with Gasteiger partial charge in [-0.15, -0.1) is 0 Å². The molecule has 30 heavy (non-hydrogen) atoms. The van der Waals surface area contributed by atoms with E-state index in [1.807, 2.05) is 19.1 Å². The number of benzene rings is 3.